The van der Waals surface area contributed by atoms with Crippen molar-refractivity contribution in [3.05, 3.63) is 60.7 Å². The normalized spacial score (nSPS) is 12.3. The first-order valence-electron chi connectivity index (χ1n) is 9.36. The maximum atomic E-state index is 6.73. The fourth-order valence-electron chi connectivity index (χ4n) is 2.95. The van der Waals surface area contributed by atoms with Gasteiger partial charge in [-0.1, -0.05) is 67.2 Å². The molecule has 0 saturated carbocycles. The second-order valence-corrected chi connectivity index (χ2v) is 17.3. The molecule has 0 bridgehead atoms. The van der Waals surface area contributed by atoms with E-state index in [0.29, 0.717) is 0 Å². The second-order valence-electron chi connectivity index (χ2n) is 6.70. The summed E-state index contributed by atoms with van der Waals surface area (Å²) < 4.78 is 27.0. The lowest BCUT2D eigenvalue weighted by molar-refractivity contribution is 0.163. The quantitative estimate of drug-likeness (QED) is 0.542. The lowest BCUT2D eigenvalue weighted by Gasteiger charge is -2.36. The molecule has 2 aromatic carbocycles. The molecule has 0 fully saturated rings. The van der Waals surface area contributed by atoms with Gasteiger partial charge in [-0.25, -0.2) is 0 Å². The summed E-state index contributed by atoms with van der Waals surface area (Å²) in [6.07, 6.45) is 0. The first-order chi connectivity index (χ1) is 13.3. The average Bonchev–Trinajstić information content (AvgIpc) is 2.70. The van der Waals surface area contributed by atoms with Gasteiger partial charge in [-0.05, 0) is 30.0 Å². The zero-order valence-electron chi connectivity index (χ0n) is 18.1. The lowest BCUT2D eigenvalue weighted by Crippen LogP contribution is -2.63. The fraction of sp³-hybridized carbons (Fsp3) is 0.368. The molecule has 0 amide bonds. The molecule has 5 nitrogen and oxygen atoms in total. The number of benzene rings is 2. The van der Waals surface area contributed by atoms with Crippen molar-refractivity contribution in [2.75, 3.05) is 21.3 Å². The largest absolute Gasteiger partial charge is 0.483 e. The third kappa shape index (κ3) is 7.85. The maximum absolute atomic E-state index is 6.73. The summed E-state index contributed by atoms with van der Waals surface area (Å²) in [5.74, 6) is 0. The van der Waals surface area contributed by atoms with Crippen LogP contribution in [0.25, 0.3) is 0 Å². The van der Waals surface area contributed by atoms with Crippen molar-refractivity contribution >= 4 is 46.5 Å². The van der Waals surface area contributed by atoms with Gasteiger partial charge < -0.3 is 21.5 Å². The molecule has 9 heteroatoms. The summed E-state index contributed by atoms with van der Waals surface area (Å²) in [5, 5.41) is 2.61. The molecule has 0 N–H and O–H groups in total. The first-order valence-corrected chi connectivity index (χ1v) is 18.0. The molecule has 0 aromatic heterocycles. The van der Waals surface area contributed by atoms with Crippen LogP contribution in [-0.4, -0.2) is 57.5 Å². The molecule has 2 aromatic rings. The monoisotopic (exact) mass is 454 g/mol. The van der Waals surface area contributed by atoms with Crippen molar-refractivity contribution in [3.63, 3.8) is 0 Å². The topological polar surface area (TPSA) is 46.2 Å². The molecule has 0 spiro atoms. The minimum atomic E-state index is -2.22. The van der Waals surface area contributed by atoms with E-state index in [0.717, 1.165) is 0 Å². The van der Waals surface area contributed by atoms with E-state index in [4.69, 9.17) is 21.5 Å². The van der Waals surface area contributed by atoms with Crippen LogP contribution < -0.4 is 10.4 Å². The van der Waals surface area contributed by atoms with E-state index in [1.807, 2.05) is 0 Å². The van der Waals surface area contributed by atoms with Crippen molar-refractivity contribution < 1.29 is 21.5 Å². The summed E-state index contributed by atoms with van der Waals surface area (Å²) in [7, 11) is -1.71. The molecule has 0 aliphatic heterocycles. The molecule has 156 valence electrons. The zero-order chi connectivity index (χ0) is 21.0. The van der Waals surface area contributed by atoms with E-state index >= 15 is 0 Å². The van der Waals surface area contributed by atoms with Crippen LogP contribution in [0.5, 0.6) is 0 Å². The molecule has 28 heavy (non-hydrogen) atoms. The number of hydrogen-bond acceptors (Lipinski definition) is 5. The van der Waals surface area contributed by atoms with Crippen LogP contribution in [0.1, 0.15) is 0 Å². The van der Waals surface area contributed by atoms with Crippen LogP contribution in [0, 0.1) is 0 Å². The Morgan fingerprint density at radius 1 is 0.714 bits per heavy atom. The minimum absolute atomic E-state index is 0.460. The van der Waals surface area contributed by atoms with Gasteiger partial charge in [0.05, 0.1) is 0 Å². The molecule has 0 heterocycles. The SMILES string of the molecule is CO[SiH](OC)OC.C[SiH2]O[Si](C)(C)O[Si](C)(c1ccccc1)c1ccccc1. The van der Waals surface area contributed by atoms with E-state index < -0.39 is 36.2 Å². The fourth-order valence-corrected chi connectivity index (χ4v) is 13.9. The lowest BCUT2D eigenvalue weighted by atomic mass is 10.4. The van der Waals surface area contributed by atoms with Crippen LogP contribution in [0.4, 0.5) is 0 Å². The van der Waals surface area contributed by atoms with E-state index in [9.17, 15) is 0 Å². The predicted molar refractivity (Wildman–Crippen MR) is 126 cm³/mol. The van der Waals surface area contributed by atoms with Crippen LogP contribution in [-0.2, 0) is 21.5 Å². The minimum Gasteiger partial charge on any atom is -0.442 e. The molecule has 0 radical (unpaired) electrons. The van der Waals surface area contributed by atoms with Gasteiger partial charge >= 0.3 is 18.1 Å². The Kier molecular flexibility index (Phi) is 11.3. The molecule has 0 unspecified atom stereocenters. The second kappa shape index (κ2) is 12.6. The molecule has 0 saturated heterocycles. The molecule has 2 rings (SSSR count). The Hall–Kier alpha value is -0.892. The highest BCUT2D eigenvalue weighted by atomic mass is 28.5. The van der Waals surface area contributed by atoms with Crippen LogP contribution in [0.15, 0.2) is 60.7 Å². The average molecular weight is 455 g/mol. The van der Waals surface area contributed by atoms with Gasteiger partial charge in [0.2, 0.25) is 8.32 Å². The molecular formula is C19H34O5Si4. The van der Waals surface area contributed by atoms with E-state index in [1.54, 1.807) is 21.3 Å². The standard InChI is InChI=1S/C16H24O2Si3.C3H10O3Si/c1-19-17-20(2,3)18-21(4,15-11-7-5-8-12-15)16-13-9-6-10-14-16;1-4-7(5-2)6-3/h5-14H,19H2,1-4H3;7H,1-3H3. The predicted octanol–water partition coefficient (Wildman–Crippen LogP) is 1.89. The Morgan fingerprint density at radius 2 is 1.11 bits per heavy atom. The summed E-state index contributed by atoms with van der Waals surface area (Å²) >= 11 is 0. The van der Waals surface area contributed by atoms with Gasteiger partial charge in [0, 0.05) is 21.3 Å². The van der Waals surface area contributed by atoms with Crippen molar-refractivity contribution in [2.45, 2.75) is 26.2 Å². The number of rotatable bonds is 9. The van der Waals surface area contributed by atoms with Gasteiger partial charge in [-0.15, -0.1) is 0 Å². The summed E-state index contributed by atoms with van der Waals surface area (Å²) in [6, 6.07) is 21.2. The highest BCUT2D eigenvalue weighted by Crippen LogP contribution is 2.16. The summed E-state index contributed by atoms with van der Waals surface area (Å²) in [5.41, 5.74) is 0. The van der Waals surface area contributed by atoms with Crippen molar-refractivity contribution in [1.82, 2.24) is 0 Å². The smallest absolute Gasteiger partial charge is 0.442 e. The molecule has 0 aliphatic rings. The number of hydrogen-bond donors (Lipinski definition) is 0. The van der Waals surface area contributed by atoms with Gasteiger partial charge in [-0.3, -0.25) is 0 Å². The van der Waals surface area contributed by atoms with Crippen LogP contribution in [0.2, 0.25) is 26.2 Å². The van der Waals surface area contributed by atoms with Crippen molar-refractivity contribution in [3.8, 4) is 0 Å². The maximum Gasteiger partial charge on any atom is 0.483 e. The van der Waals surface area contributed by atoms with Gasteiger partial charge in [0.25, 0.3) is 0 Å². The third-order valence-electron chi connectivity index (χ3n) is 4.17. The van der Waals surface area contributed by atoms with Gasteiger partial charge in [-0.2, -0.15) is 0 Å². The van der Waals surface area contributed by atoms with Gasteiger partial charge in [0.1, 0.15) is 9.76 Å². The van der Waals surface area contributed by atoms with Gasteiger partial charge in [0.15, 0.2) is 0 Å². The summed E-state index contributed by atoms with van der Waals surface area (Å²) in [4.78, 5) is 0. The zero-order valence-corrected chi connectivity index (χ0v) is 22.7. The van der Waals surface area contributed by atoms with E-state index in [1.165, 1.54) is 10.4 Å². The van der Waals surface area contributed by atoms with E-state index in [2.05, 4.69) is 86.9 Å². The third-order valence-corrected chi connectivity index (χ3v) is 15.7. The molecule has 0 aliphatic carbocycles. The highest BCUT2D eigenvalue weighted by molar-refractivity contribution is 7.01. The molecule has 0 atom stereocenters. The van der Waals surface area contributed by atoms with E-state index in [-0.39, 0.29) is 0 Å². The Morgan fingerprint density at radius 3 is 1.39 bits per heavy atom. The first kappa shape index (κ1) is 25.1. The summed E-state index contributed by atoms with van der Waals surface area (Å²) in [6.45, 7) is 8.79. The molecular weight excluding hydrogens is 421 g/mol. The van der Waals surface area contributed by atoms with Crippen LogP contribution >= 0.6 is 0 Å². The highest BCUT2D eigenvalue weighted by Gasteiger charge is 2.40. The Labute approximate surface area is 176 Å². The van der Waals surface area contributed by atoms with Crippen LogP contribution in [0.3, 0.4) is 0 Å². The van der Waals surface area contributed by atoms with Crippen molar-refractivity contribution in [1.29, 1.82) is 0 Å². The van der Waals surface area contributed by atoms with Crippen molar-refractivity contribution in [2.24, 2.45) is 0 Å². The Bertz CT molecular complexity index is 609. The Balaban J connectivity index is 0.000000480.